The second-order valence-electron chi connectivity index (χ2n) is 10.1. The molecule has 0 fully saturated rings. The Morgan fingerprint density at radius 1 is 0.286 bits per heavy atom. The van der Waals surface area contributed by atoms with Crippen LogP contribution in [0.4, 0.5) is 0 Å². The minimum absolute atomic E-state index is 1.16. The molecule has 6 heterocycles. The van der Waals surface area contributed by atoms with Crippen molar-refractivity contribution in [2.45, 2.75) is 53.4 Å². The summed E-state index contributed by atoms with van der Waals surface area (Å²) < 4.78 is 15.0. The van der Waals surface area contributed by atoms with E-state index in [1.54, 1.807) is 0 Å². The van der Waals surface area contributed by atoms with Crippen LogP contribution in [0.25, 0.3) is 0 Å². The van der Waals surface area contributed by atoms with Crippen molar-refractivity contribution in [2.75, 3.05) is 0 Å². The van der Waals surface area contributed by atoms with Gasteiger partial charge in [0.2, 0.25) is 0 Å². The summed E-state index contributed by atoms with van der Waals surface area (Å²) in [5, 5.41) is 0. The third kappa shape index (κ3) is 6.06. The number of allylic oxidation sites excluding steroid dienone is 12. The molecule has 0 saturated carbocycles. The van der Waals surface area contributed by atoms with Crippen molar-refractivity contribution < 1.29 is 0 Å². The van der Waals surface area contributed by atoms with Gasteiger partial charge in [0.05, 0.1) is 42.4 Å². The van der Waals surface area contributed by atoms with Crippen LogP contribution in [0.3, 0.4) is 0 Å². The molecule has 42 heavy (non-hydrogen) atoms. The third-order valence-corrected chi connectivity index (χ3v) is 24.8. The number of thioether (sulfide) groups is 12. The van der Waals surface area contributed by atoms with Gasteiger partial charge in [0, 0.05) is 0 Å². The maximum Gasteiger partial charge on any atom is 0.0718 e. The zero-order chi connectivity index (χ0) is 28.5. The van der Waals surface area contributed by atoms with Gasteiger partial charge in [-0.15, -0.1) is 0 Å². The predicted molar refractivity (Wildman–Crippen MR) is 214 cm³/mol. The fourth-order valence-electron chi connectivity index (χ4n) is 4.70. The Balaban J connectivity index is 0.880. The highest BCUT2D eigenvalue weighted by Crippen LogP contribution is 2.74. The fraction of sp³-hybridized carbons (Fsp3) is 0.267. The summed E-state index contributed by atoms with van der Waals surface area (Å²) in [4.78, 5) is 5.85. The molecule has 216 valence electrons. The molecule has 0 radical (unpaired) electrons. The second kappa shape index (κ2) is 12.7. The molecule has 0 spiro atoms. The monoisotopic (exact) mass is 768 g/mol. The zero-order valence-electron chi connectivity index (χ0n) is 23.0. The Hall–Kier alpha value is 1.34. The van der Waals surface area contributed by atoms with Crippen LogP contribution in [0, 0.1) is 0 Å². The third-order valence-electron chi connectivity index (χ3n) is 7.31. The first-order valence-electron chi connectivity index (χ1n) is 13.4. The van der Waals surface area contributed by atoms with Crippen molar-refractivity contribution in [3.05, 3.63) is 109 Å². The van der Waals surface area contributed by atoms with Crippen molar-refractivity contribution >= 4 is 141 Å². The second-order valence-corrected chi connectivity index (χ2v) is 25.7. The van der Waals surface area contributed by atoms with E-state index < -0.39 is 0 Å². The van der Waals surface area contributed by atoms with Gasteiger partial charge in [-0.05, 0) is 95.3 Å². The molecule has 8 aliphatic rings. The number of rotatable bonds is 0. The molecule has 2 aliphatic carbocycles. The standard InChI is InChI=1S/C30H24S12/c1-13-14(2)32-21(31-13)17-5-9-19(10-6-17)23-35-25-26(36-23)40-29(39-25)30-41-27-28(42-30)38-24(37-27)20-11-7-18(8-12-20)22-33-15(3)16(4)34-22/h5,7,9,11H,6,8,10,12H2,1-4H3. The molecule has 0 aromatic rings. The minimum atomic E-state index is 1.16. The van der Waals surface area contributed by atoms with Crippen molar-refractivity contribution in [2.24, 2.45) is 0 Å². The molecule has 0 bridgehead atoms. The summed E-state index contributed by atoms with van der Waals surface area (Å²) in [5.74, 6) is 0. The number of hydrogen-bond acceptors (Lipinski definition) is 12. The molecule has 0 aromatic heterocycles. The van der Waals surface area contributed by atoms with Gasteiger partial charge in [-0.2, -0.15) is 0 Å². The van der Waals surface area contributed by atoms with Gasteiger partial charge in [-0.1, -0.05) is 165 Å². The topological polar surface area (TPSA) is 0 Å². The summed E-state index contributed by atoms with van der Waals surface area (Å²) in [6.45, 7) is 8.98. The van der Waals surface area contributed by atoms with Crippen molar-refractivity contribution in [1.82, 2.24) is 0 Å². The molecule has 6 aliphatic heterocycles. The Morgan fingerprint density at radius 2 is 0.476 bits per heavy atom. The molecular weight excluding hydrogens is 745 g/mol. The Labute approximate surface area is 299 Å². The van der Waals surface area contributed by atoms with Gasteiger partial charge in [0.1, 0.15) is 0 Å². The van der Waals surface area contributed by atoms with Crippen LogP contribution < -0.4 is 0 Å². The van der Waals surface area contributed by atoms with E-state index in [-0.39, 0.29) is 0 Å². The molecule has 0 amide bonds. The van der Waals surface area contributed by atoms with Gasteiger partial charge >= 0.3 is 0 Å². The highest BCUT2D eigenvalue weighted by molar-refractivity contribution is 8.51. The van der Waals surface area contributed by atoms with E-state index in [1.807, 2.05) is 141 Å². The molecule has 0 N–H and O–H groups in total. The minimum Gasteiger partial charge on any atom is -0.0864 e. The Bertz CT molecular complexity index is 1500. The summed E-state index contributed by atoms with van der Waals surface area (Å²) in [5.41, 5.74) is 6.09. The van der Waals surface area contributed by atoms with Crippen LogP contribution >= 0.6 is 141 Å². The van der Waals surface area contributed by atoms with E-state index in [0.717, 1.165) is 25.7 Å². The van der Waals surface area contributed by atoms with E-state index in [0.29, 0.717) is 0 Å². The van der Waals surface area contributed by atoms with Gasteiger partial charge in [-0.3, -0.25) is 0 Å². The lowest BCUT2D eigenvalue weighted by Crippen LogP contribution is -1.93. The first-order valence-corrected chi connectivity index (χ1v) is 23.2. The number of hydrogen-bond donors (Lipinski definition) is 0. The summed E-state index contributed by atoms with van der Waals surface area (Å²) in [7, 11) is 0. The molecule has 12 heteroatoms. The van der Waals surface area contributed by atoms with Gasteiger partial charge in [-0.25, -0.2) is 0 Å². The molecule has 0 unspecified atom stereocenters. The van der Waals surface area contributed by atoms with E-state index in [1.165, 1.54) is 84.3 Å². The molecule has 0 atom stereocenters. The smallest absolute Gasteiger partial charge is 0.0718 e. The van der Waals surface area contributed by atoms with Crippen molar-refractivity contribution in [3.8, 4) is 0 Å². The Kier molecular flexibility index (Phi) is 9.31. The SMILES string of the molecule is CC1=C(C)SC(=C2C=CC(=C3SC4=C(S3)SC(=C3SC5=C(SC(=C6C=CC(=C7SC(C)=C(C)S7)CC6)S5)S3)S4)CC2)S1. The molecular formula is C30H24S12. The fourth-order valence-corrected chi connectivity index (χ4v) is 23.1. The lowest BCUT2D eigenvalue weighted by molar-refractivity contribution is 0.949. The van der Waals surface area contributed by atoms with E-state index in [2.05, 4.69) is 52.0 Å². The van der Waals surface area contributed by atoms with E-state index >= 15 is 0 Å². The zero-order valence-corrected chi connectivity index (χ0v) is 32.8. The maximum absolute atomic E-state index is 2.39. The molecule has 8 rings (SSSR count). The lowest BCUT2D eigenvalue weighted by Gasteiger charge is -2.16. The van der Waals surface area contributed by atoms with Gasteiger partial charge < -0.3 is 0 Å². The lowest BCUT2D eigenvalue weighted by atomic mass is 10.00. The molecule has 0 nitrogen and oxygen atoms in total. The summed E-state index contributed by atoms with van der Waals surface area (Å²) in [6.07, 6.45) is 14.2. The van der Waals surface area contributed by atoms with Crippen LogP contribution in [0.1, 0.15) is 53.4 Å². The van der Waals surface area contributed by atoms with Crippen LogP contribution in [-0.4, -0.2) is 0 Å². The van der Waals surface area contributed by atoms with E-state index in [9.17, 15) is 0 Å². The van der Waals surface area contributed by atoms with Crippen LogP contribution in [-0.2, 0) is 0 Å². The molecule has 0 saturated heterocycles. The Morgan fingerprint density at radius 3 is 0.690 bits per heavy atom. The average molecular weight is 769 g/mol. The van der Waals surface area contributed by atoms with Crippen LogP contribution in [0.5, 0.6) is 0 Å². The van der Waals surface area contributed by atoms with Crippen molar-refractivity contribution in [3.63, 3.8) is 0 Å². The first-order chi connectivity index (χ1) is 20.4. The summed E-state index contributed by atoms with van der Waals surface area (Å²) >= 11 is 23.9. The highest BCUT2D eigenvalue weighted by atomic mass is 32.3. The quantitative estimate of drug-likeness (QED) is 0.230. The van der Waals surface area contributed by atoms with E-state index in [4.69, 9.17) is 0 Å². The predicted octanol–water partition coefficient (Wildman–Crippen LogP) is 15.3. The van der Waals surface area contributed by atoms with Gasteiger partial charge in [0.15, 0.2) is 0 Å². The first kappa shape index (κ1) is 30.7. The average Bonchev–Trinajstić information content (AvgIpc) is 3.81. The largest absolute Gasteiger partial charge is 0.0864 e. The van der Waals surface area contributed by atoms with Crippen LogP contribution in [0.2, 0.25) is 0 Å². The normalized spacial score (nSPS) is 26.4. The highest BCUT2D eigenvalue weighted by Gasteiger charge is 2.38. The van der Waals surface area contributed by atoms with Crippen molar-refractivity contribution in [1.29, 1.82) is 0 Å². The summed E-state index contributed by atoms with van der Waals surface area (Å²) in [6, 6.07) is 0. The molecule has 0 aromatic carbocycles. The van der Waals surface area contributed by atoms with Crippen LogP contribution in [0.15, 0.2) is 109 Å². The maximum atomic E-state index is 2.39. The van der Waals surface area contributed by atoms with Gasteiger partial charge in [0.25, 0.3) is 0 Å².